The fraction of sp³-hybridized carbons (Fsp3) is 0.778. The molecule has 1 unspecified atom stereocenters. The molecule has 5 nitrogen and oxygen atoms in total. The van der Waals surface area contributed by atoms with Crippen LogP contribution in [-0.2, 0) is 6.42 Å². The Bertz CT molecular complexity index is 523. The summed E-state index contributed by atoms with van der Waals surface area (Å²) in [6.07, 6.45) is 7.39. The standard InChI is InChI=1S/C18H30N4O/c1-13(2)10-15-11-16(21-20-15)18(23)19-12-14-6-5-9-22-8-4-3-7-17(14)22/h11,13-14,17H,3-10,12H2,1-2H3,(H,19,23)(H,20,21)/t14-,17?/m0/s1. The molecule has 0 bridgehead atoms. The van der Waals surface area contributed by atoms with E-state index in [2.05, 4.69) is 34.3 Å². The Hall–Kier alpha value is -1.36. The van der Waals surface area contributed by atoms with Gasteiger partial charge in [-0.2, -0.15) is 5.10 Å². The summed E-state index contributed by atoms with van der Waals surface area (Å²) in [6.45, 7) is 7.60. The van der Waals surface area contributed by atoms with Gasteiger partial charge in [0.05, 0.1) is 0 Å². The molecule has 1 amide bonds. The van der Waals surface area contributed by atoms with E-state index in [0.717, 1.165) is 18.7 Å². The van der Waals surface area contributed by atoms with Gasteiger partial charge in [-0.05, 0) is 63.1 Å². The average Bonchev–Trinajstić information content (AvgIpc) is 3.00. The quantitative estimate of drug-likeness (QED) is 0.877. The maximum absolute atomic E-state index is 12.3. The monoisotopic (exact) mass is 318 g/mol. The van der Waals surface area contributed by atoms with Crippen LogP contribution in [0.25, 0.3) is 0 Å². The number of hydrogen-bond donors (Lipinski definition) is 2. The van der Waals surface area contributed by atoms with Crippen LogP contribution in [0.5, 0.6) is 0 Å². The summed E-state index contributed by atoms with van der Waals surface area (Å²) in [5.41, 5.74) is 1.57. The van der Waals surface area contributed by atoms with Crippen molar-refractivity contribution in [3.05, 3.63) is 17.5 Å². The van der Waals surface area contributed by atoms with Crippen molar-refractivity contribution in [3.63, 3.8) is 0 Å². The molecule has 1 aromatic rings. The molecule has 23 heavy (non-hydrogen) atoms. The van der Waals surface area contributed by atoms with Crippen molar-refractivity contribution in [2.24, 2.45) is 11.8 Å². The van der Waals surface area contributed by atoms with E-state index in [9.17, 15) is 4.79 Å². The SMILES string of the molecule is CC(C)Cc1cc(C(=O)NC[C@@H]2CCCN3CCCCC23)n[nH]1. The number of nitrogens with zero attached hydrogens (tertiary/aromatic N) is 2. The molecule has 3 heterocycles. The van der Waals surface area contributed by atoms with Gasteiger partial charge in [0.15, 0.2) is 0 Å². The zero-order valence-electron chi connectivity index (χ0n) is 14.5. The van der Waals surface area contributed by atoms with Gasteiger partial charge in [0.1, 0.15) is 5.69 Å². The molecule has 2 atom stereocenters. The minimum atomic E-state index is -0.0378. The molecule has 2 saturated heterocycles. The van der Waals surface area contributed by atoms with Crippen LogP contribution in [0.4, 0.5) is 0 Å². The van der Waals surface area contributed by atoms with Gasteiger partial charge in [-0.25, -0.2) is 0 Å². The molecule has 5 heteroatoms. The summed E-state index contributed by atoms with van der Waals surface area (Å²) < 4.78 is 0. The highest BCUT2D eigenvalue weighted by Crippen LogP contribution is 2.30. The third-order valence-electron chi connectivity index (χ3n) is 5.25. The highest BCUT2D eigenvalue weighted by molar-refractivity contribution is 5.92. The molecule has 1 aromatic heterocycles. The molecule has 2 N–H and O–H groups in total. The van der Waals surface area contributed by atoms with Crippen molar-refractivity contribution < 1.29 is 4.79 Å². The van der Waals surface area contributed by atoms with Gasteiger partial charge in [-0.3, -0.25) is 9.89 Å². The van der Waals surface area contributed by atoms with E-state index in [1.807, 2.05) is 6.07 Å². The van der Waals surface area contributed by atoms with Crippen LogP contribution in [-0.4, -0.2) is 46.7 Å². The third-order valence-corrected chi connectivity index (χ3v) is 5.25. The van der Waals surface area contributed by atoms with Gasteiger partial charge >= 0.3 is 0 Å². The fourth-order valence-corrected chi connectivity index (χ4v) is 4.15. The number of carbonyl (C=O) groups is 1. The Labute approximate surface area is 139 Å². The Morgan fingerprint density at radius 1 is 1.35 bits per heavy atom. The summed E-state index contributed by atoms with van der Waals surface area (Å²) in [5.74, 6) is 1.12. The van der Waals surface area contributed by atoms with Crippen molar-refractivity contribution in [3.8, 4) is 0 Å². The third kappa shape index (κ3) is 4.14. The smallest absolute Gasteiger partial charge is 0.271 e. The minimum Gasteiger partial charge on any atom is -0.350 e. The molecule has 0 aromatic carbocycles. The van der Waals surface area contributed by atoms with E-state index in [1.54, 1.807) is 0 Å². The number of amides is 1. The van der Waals surface area contributed by atoms with E-state index in [4.69, 9.17) is 0 Å². The molecule has 0 radical (unpaired) electrons. The number of rotatable bonds is 5. The number of piperidine rings is 2. The van der Waals surface area contributed by atoms with E-state index >= 15 is 0 Å². The first-order valence-corrected chi connectivity index (χ1v) is 9.20. The molecule has 2 fully saturated rings. The van der Waals surface area contributed by atoms with Crippen molar-refractivity contribution in [1.82, 2.24) is 20.4 Å². The van der Waals surface area contributed by atoms with Gasteiger partial charge < -0.3 is 10.2 Å². The first-order chi connectivity index (χ1) is 11.1. The summed E-state index contributed by atoms with van der Waals surface area (Å²) in [5, 5.41) is 10.3. The number of H-pyrrole nitrogens is 1. The van der Waals surface area contributed by atoms with E-state index in [0.29, 0.717) is 23.6 Å². The Balaban J connectivity index is 1.52. The van der Waals surface area contributed by atoms with Crippen molar-refractivity contribution in [1.29, 1.82) is 0 Å². The maximum atomic E-state index is 12.3. The van der Waals surface area contributed by atoms with Gasteiger partial charge in [0, 0.05) is 18.3 Å². The highest BCUT2D eigenvalue weighted by atomic mass is 16.1. The summed E-state index contributed by atoms with van der Waals surface area (Å²) in [7, 11) is 0. The summed E-state index contributed by atoms with van der Waals surface area (Å²) >= 11 is 0. The number of nitrogens with one attached hydrogen (secondary N) is 2. The predicted molar refractivity (Wildman–Crippen MR) is 91.4 cm³/mol. The van der Waals surface area contributed by atoms with Crippen molar-refractivity contribution >= 4 is 5.91 Å². The second-order valence-corrected chi connectivity index (χ2v) is 7.59. The lowest BCUT2D eigenvalue weighted by atomic mass is 9.83. The Morgan fingerprint density at radius 2 is 2.17 bits per heavy atom. The molecule has 2 aliphatic heterocycles. The van der Waals surface area contributed by atoms with Crippen LogP contribution in [0.2, 0.25) is 0 Å². The second-order valence-electron chi connectivity index (χ2n) is 7.59. The number of aromatic nitrogens is 2. The van der Waals surface area contributed by atoms with Gasteiger partial charge in [-0.1, -0.05) is 20.3 Å². The molecular weight excluding hydrogens is 288 g/mol. The first-order valence-electron chi connectivity index (χ1n) is 9.20. The topological polar surface area (TPSA) is 61.0 Å². The van der Waals surface area contributed by atoms with Crippen LogP contribution < -0.4 is 5.32 Å². The number of aromatic amines is 1. The fourth-order valence-electron chi connectivity index (χ4n) is 4.15. The molecule has 3 rings (SSSR count). The maximum Gasteiger partial charge on any atom is 0.271 e. The van der Waals surface area contributed by atoms with E-state index < -0.39 is 0 Å². The lowest BCUT2D eigenvalue weighted by Gasteiger charge is -2.44. The van der Waals surface area contributed by atoms with Crippen LogP contribution in [0.1, 0.15) is 62.1 Å². The normalized spacial score (nSPS) is 25.3. The van der Waals surface area contributed by atoms with Crippen molar-refractivity contribution in [2.45, 2.75) is 58.4 Å². The van der Waals surface area contributed by atoms with Crippen molar-refractivity contribution in [2.75, 3.05) is 19.6 Å². The number of hydrogen-bond acceptors (Lipinski definition) is 3. The lowest BCUT2D eigenvalue weighted by Crippen LogP contribution is -2.51. The molecule has 128 valence electrons. The number of fused-ring (bicyclic) bond motifs is 1. The molecule has 0 aliphatic carbocycles. The zero-order valence-corrected chi connectivity index (χ0v) is 14.5. The van der Waals surface area contributed by atoms with Gasteiger partial charge in [0.25, 0.3) is 5.91 Å². The summed E-state index contributed by atoms with van der Waals surface area (Å²) in [6, 6.07) is 2.57. The van der Waals surface area contributed by atoms with Crippen LogP contribution in [0.15, 0.2) is 6.07 Å². The molecule has 0 spiro atoms. The van der Waals surface area contributed by atoms with Gasteiger partial charge in [0.2, 0.25) is 0 Å². The zero-order chi connectivity index (χ0) is 16.2. The summed E-state index contributed by atoms with van der Waals surface area (Å²) in [4.78, 5) is 15.0. The Morgan fingerprint density at radius 3 is 3.00 bits per heavy atom. The highest BCUT2D eigenvalue weighted by Gasteiger charge is 2.33. The minimum absolute atomic E-state index is 0.0378. The molecule has 0 saturated carbocycles. The van der Waals surface area contributed by atoms with Crippen LogP contribution >= 0.6 is 0 Å². The van der Waals surface area contributed by atoms with Crippen LogP contribution in [0, 0.1) is 11.8 Å². The Kier molecular flexibility index (Phi) is 5.36. The molecular formula is C18H30N4O. The average molecular weight is 318 g/mol. The largest absolute Gasteiger partial charge is 0.350 e. The lowest BCUT2D eigenvalue weighted by molar-refractivity contribution is 0.0575. The van der Waals surface area contributed by atoms with E-state index in [-0.39, 0.29) is 5.91 Å². The van der Waals surface area contributed by atoms with Gasteiger partial charge in [-0.15, -0.1) is 0 Å². The van der Waals surface area contributed by atoms with E-state index in [1.165, 1.54) is 45.2 Å². The number of carbonyl (C=O) groups excluding carboxylic acids is 1. The van der Waals surface area contributed by atoms with Crippen LogP contribution in [0.3, 0.4) is 0 Å². The predicted octanol–water partition coefficient (Wildman–Crippen LogP) is 2.60. The second kappa shape index (κ2) is 7.47. The molecule has 2 aliphatic rings. The first kappa shape index (κ1) is 16.5.